The number of thiophene rings is 2. The molecule has 14 heteroatoms. The molecule has 0 bridgehead atoms. The summed E-state index contributed by atoms with van der Waals surface area (Å²) in [4.78, 5) is 67.7. The van der Waals surface area contributed by atoms with Crippen LogP contribution in [0.25, 0.3) is 20.9 Å². The number of esters is 2. The Kier molecular flexibility index (Phi) is 11.8. The van der Waals surface area contributed by atoms with Crippen molar-refractivity contribution in [2.45, 2.75) is 26.7 Å². The number of para-hydroxylation sites is 2. The summed E-state index contributed by atoms with van der Waals surface area (Å²) in [5.41, 5.74) is 12.8. The van der Waals surface area contributed by atoms with Gasteiger partial charge in [-0.05, 0) is 98.5 Å². The van der Waals surface area contributed by atoms with Gasteiger partial charge in [-0.2, -0.15) is 0 Å². The lowest BCUT2D eigenvalue weighted by Gasteiger charge is -2.23. The molecule has 12 nitrogen and oxygen atoms in total. The van der Waals surface area contributed by atoms with E-state index in [4.69, 9.17) is 15.2 Å². The number of nitrogens with two attached hydrogens (primary N) is 1. The second-order valence-electron chi connectivity index (χ2n) is 13.2. The van der Waals surface area contributed by atoms with E-state index in [9.17, 15) is 29.3 Å². The molecule has 0 saturated carbocycles. The van der Waals surface area contributed by atoms with E-state index in [-0.39, 0.29) is 29.4 Å². The molecule has 2 aromatic heterocycles. The summed E-state index contributed by atoms with van der Waals surface area (Å²) in [6.45, 7) is 5.20. The SMILES string of the molecule is CCOC(=O)c1cc2c(s1)-c1ccccc1N(C(=O)c1ccc(N)cc1)CC2.CCOC(=O)c1cc2c(s1)-c1ccccc1N(C(=O)c1ccc([N+](=O)[O-])cc1)CC2. The fraction of sp³-hybridized carbons (Fsp3) is 0.182. The van der Waals surface area contributed by atoms with Crippen LogP contribution in [-0.2, 0) is 22.3 Å². The molecular weight excluding hydrogens is 777 g/mol. The molecular formula is C44H38N4O8S2. The Hall–Kier alpha value is -6.64. The maximum atomic E-state index is 13.2. The average molecular weight is 815 g/mol. The normalized spacial score (nSPS) is 12.6. The van der Waals surface area contributed by atoms with E-state index < -0.39 is 4.92 Å². The predicted octanol–water partition coefficient (Wildman–Crippen LogP) is 9.08. The number of amides is 2. The third-order valence-electron chi connectivity index (χ3n) is 9.63. The first kappa shape index (κ1) is 39.6. The van der Waals surface area contributed by atoms with Crippen LogP contribution in [0, 0.1) is 10.1 Å². The van der Waals surface area contributed by atoms with Gasteiger partial charge in [0.25, 0.3) is 17.5 Å². The molecule has 2 aliphatic rings. The maximum Gasteiger partial charge on any atom is 0.348 e. The molecule has 0 saturated heterocycles. The Morgan fingerprint density at radius 2 is 1.07 bits per heavy atom. The molecule has 0 aliphatic carbocycles. The van der Waals surface area contributed by atoms with Crippen molar-refractivity contribution in [3.05, 3.63) is 151 Å². The number of hydrogen-bond acceptors (Lipinski definition) is 11. The number of nitro groups is 1. The Bertz CT molecular complexity index is 2530. The molecule has 2 amide bonds. The summed E-state index contributed by atoms with van der Waals surface area (Å²) in [5, 5.41) is 10.9. The van der Waals surface area contributed by atoms with Crippen LogP contribution in [0.5, 0.6) is 0 Å². The highest BCUT2D eigenvalue weighted by Crippen LogP contribution is 2.43. The molecule has 0 radical (unpaired) electrons. The second-order valence-corrected chi connectivity index (χ2v) is 15.3. The minimum atomic E-state index is -0.491. The van der Waals surface area contributed by atoms with Gasteiger partial charge in [0.15, 0.2) is 0 Å². The largest absolute Gasteiger partial charge is 0.462 e. The highest BCUT2D eigenvalue weighted by molar-refractivity contribution is 7.18. The summed E-state index contributed by atoms with van der Waals surface area (Å²) < 4.78 is 10.3. The van der Waals surface area contributed by atoms with Gasteiger partial charge in [0.2, 0.25) is 0 Å². The van der Waals surface area contributed by atoms with E-state index in [1.54, 1.807) is 47.9 Å². The molecule has 0 atom stereocenters. The van der Waals surface area contributed by atoms with Crippen LogP contribution in [0.4, 0.5) is 22.7 Å². The number of ether oxygens (including phenoxy) is 2. The molecule has 4 heterocycles. The van der Waals surface area contributed by atoms with Gasteiger partial charge in [-0.25, -0.2) is 9.59 Å². The molecule has 6 aromatic rings. The van der Waals surface area contributed by atoms with Crippen LogP contribution in [0.3, 0.4) is 0 Å². The lowest BCUT2D eigenvalue weighted by molar-refractivity contribution is -0.384. The van der Waals surface area contributed by atoms with Crippen LogP contribution in [0.15, 0.2) is 109 Å². The number of carbonyl (C=O) groups is 4. The highest BCUT2D eigenvalue weighted by atomic mass is 32.1. The van der Waals surface area contributed by atoms with Crippen LogP contribution in [-0.4, -0.2) is 55.0 Å². The van der Waals surface area contributed by atoms with Gasteiger partial charge in [-0.1, -0.05) is 36.4 Å². The zero-order chi connectivity index (χ0) is 40.9. The Labute approximate surface area is 342 Å². The van der Waals surface area contributed by atoms with Gasteiger partial charge in [0, 0.05) is 62.9 Å². The monoisotopic (exact) mass is 814 g/mol. The summed E-state index contributed by atoms with van der Waals surface area (Å²) in [7, 11) is 0. The molecule has 2 N–H and O–H groups in total. The third-order valence-corrected chi connectivity index (χ3v) is 12.0. The summed E-state index contributed by atoms with van der Waals surface area (Å²) in [6.07, 6.45) is 1.25. The van der Waals surface area contributed by atoms with Gasteiger partial charge < -0.3 is 25.0 Å². The number of nitrogens with zero attached hydrogens (tertiary/aromatic N) is 3. The molecule has 58 heavy (non-hydrogen) atoms. The number of anilines is 3. The summed E-state index contributed by atoms with van der Waals surface area (Å²) in [5.74, 6) is -0.925. The van der Waals surface area contributed by atoms with Crippen LogP contribution < -0.4 is 15.5 Å². The maximum absolute atomic E-state index is 13.2. The molecule has 8 rings (SSSR count). The lowest BCUT2D eigenvalue weighted by Crippen LogP contribution is -2.32. The van der Waals surface area contributed by atoms with Gasteiger partial charge in [0.1, 0.15) is 9.75 Å². The van der Waals surface area contributed by atoms with Crippen molar-refractivity contribution in [1.82, 2.24) is 0 Å². The quantitative estimate of drug-likeness (QED) is 0.0717. The number of carbonyl (C=O) groups excluding carboxylic acids is 4. The van der Waals surface area contributed by atoms with Gasteiger partial charge in [-0.15, -0.1) is 22.7 Å². The van der Waals surface area contributed by atoms with Gasteiger partial charge >= 0.3 is 11.9 Å². The number of hydrogen-bond donors (Lipinski definition) is 1. The fourth-order valence-electron chi connectivity index (χ4n) is 6.88. The smallest absolute Gasteiger partial charge is 0.348 e. The van der Waals surface area contributed by atoms with E-state index in [1.165, 1.54) is 46.9 Å². The van der Waals surface area contributed by atoms with Gasteiger partial charge in [-0.3, -0.25) is 19.7 Å². The van der Waals surface area contributed by atoms with E-state index in [1.807, 2.05) is 60.7 Å². The average Bonchev–Trinajstić information content (AvgIpc) is 3.79. The first-order valence-corrected chi connectivity index (χ1v) is 20.2. The molecule has 294 valence electrons. The zero-order valence-corrected chi connectivity index (χ0v) is 33.3. The molecule has 0 fully saturated rings. The topological polar surface area (TPSA) is 162 Å². The second kappa shape index (κ2) is 17.2. The Balaban J connectivity index is 0.000000177. The van der Waals surface area contributed by atoms with E-state index >= 15 is 0 Å². The lowest BCUT2D eigenvalue weighted by atomic mass is 10.1. The minimum absolute atomic E-state index is 0.0588. The number of rotatable bonds is 7. The van der Waals surface area contributed by atoms with Crippen molar-refractivity contribution in [2.75, 3.05) is 41.8 Å². The van der Waals surface area contributed by atoms with Crippen molar-refractivity contribution < 1.29 is 33.6 Å². The van der Waals surface area contributed by atoms with Crippen molar-refractivity contribution in [2.24, 2.45) is 0 Å². The van der Waals surface area contributed by atoms with Crippen LogP contribution in [0.1, 0.15) is 65.0 Å². The van der Waals surface area contributed by atoms with Crippen molar-refractivity contribution in [1.29, 1.82) is 0 Å². The predicted molar refractivity (Wildman–Crippen MR) is 226 cm³/mol. The van der Waals surface area contributed by atoms with Crippen LogP contribution >= 0.6 is 22.7 Å². The fourth-order valence-corrected chi connectivity index (χ4v) is 9.16. The third kappa shape index (κ3) is 8.10. The summed E-state index contributed by atoms with van der Waals surface area (Å²) >= 11 is 2.79. The number of non-ortho nitro benzene ring substituents is 1. The van der Waals surface area contributed by atoms with Crippen molar-refractivity contribution in [3.8, 4) is 20.9 Å². The Morgan fingerprint density at radius 3 is 1.48 bits per heavy atom. The van der Waals surface area contributed by atoms with E-state index in [2.05, 4.69) is 0 Å². The molecule has 0 spiro atoms. The molecule has 2 aliphatic heterocycles. The molecule has 0 unspecified atom stereocenters. The summed E-state index contributed by atoms with van der Waals surface area (Å²) in [6, 6.07) is 31.7. The number of benzene rings is 4. The first-order valence-electron chi connectivity index (χ1n) is 18.6. The zero-order valence-electron chi connectivity index (χ0n) is 31.6. The van der Waals surface area contributed by atoms with Crippen LogP contribution in [0.2, 0.25) is 0 Å². The number of nitro benzene ring substituents is 1. The first-order chi connectivity index (χ1) is 28.1. The van der Waals surface area contributed by atoms with E-state index in [0.29, 0.717) is 65.7 Å². The van der Waals surface area contributed by atoms with Crippen molar-refractivity contribution in [3.63, 3.8) is 0 Å². The molecule has 4 aromatic carbocycles. The van der Waals surface area contributed by atoms with Crippen molar-refractivity contribution >= 4 is 69.2 Å². The van der Waals surface area contributed by atoms with Gasteiger partial charge in [0.05, 0.1) is 29.5 Å². The van der Waals surface area contributed by atoms with E-state index in [0.717, 1.165) is 43.4 Å². The number of fused-ring (bicyclic) bond motifs is 6. The number of nitrogen functional groups attached to an aromatic ring is 1. The Morgan fingerprint density at radius 1 is 0.655 bits per heavy atom. The standard InChI is InChI=1S/C22H18N2O5S.C22H20N2O3S/c1-2-29-22(26)19-13-15-11-12-23(18-6-4-3-5-17(18)20(15)30-19)21(25)14-7-9-16(10-8-14)24(27)28;1-2-27-22(26)19-13-15-11-12-24(21(25)14-7-9-16(23)10-8-14)18-6-4-3-5-17(18)20(15)28-19/h3-10,13H,2,11-12H2,1H3;3-10,13H,2,11-12,23H2,1H3. The highest BCUT2D eigenvalue weighted by Gasteiger charge is 2.29. The minimum Gasteiger partial charge on any atom is -0.462 e.